The molecule has 25 heavy (non-hydrogen) atoms. The summed E-state index contributed by atoms with van der Waals surface area (Å²) in [5.41, 5.74) is 0.851. The first-order chi connectivity index (χ1) is 12.0. The first kappa shape index (κ1) is 17.9. The number of hydrogen-bond acceptors (Lipinski definition) is 4. The van der Waals surface area contributed by atoms with Gasteiger partial charge in [0, 0.05) is 11.6 Å². The number of halogens is 1. The summed E-state index contributed by atoms with van der Waals surface area (Å²) in [6, 6.07) is 8.41. The van der Waals surface area contributed by atoms with Crippen LogP contribution in [0.4, 0.5) is 5.69 Å². The van der Waals surface area contributed by atoms with E-state index in [1.807, 2.05) is 5.38 Å². The number of anilines is 1. The van der Waals surface area contributed by atoms with E-state index in [1.54, 1.807) is 30.3 Å². The molecule has 1 aliphatic carbocycles. The average Bonchev–Trinajstić information content (AvgIpc) is 3.13. The van der Waals surface area contributed by atoms with Crippen molar-refractivity contribution in [3.8, 4) is 0 Å². The van der Waals surface area contributed by atoms with Gasteiger partial charge in [-0.3, -0.25) is 9.59 Å². The first-order valence-corrected chi connectivity index (χ1v) is 9.42. The number of amides is 2. The zero-order valence-corrected chi connectivity index (χ0v) is 15.1. The van der Waals surface area contributed by atoms with E-state index in [0.29, 0.717) is 34.0 Å². The Bertz CT molecular complexity index is 756. The van der Waals surface area contributed by atoms with Crippen LogP contribution in [-0.2, 0) is 0 Å². The Morgan fingerprint density at radius 1 is 1.12 bits per heavy atom. The monoisotopic (exact) mass is 378 g/mol. The zero-order chi connectivity index (χ0) is 17.8. The van der Waals surface area contributed by atoms with Gasteiger partial charge in [0.25, 0.3) is 11.8 Å². The Kier molecular flexibility index (Phi) is 5.73. The standard InChI is InChI=1S/C18H19ClN2O3S/c19-14-8-3-11(17(23)20-12-4-6-13(22)7-5-12)10-15(14)21-18(24)16-2-1-9-25-16/h1-3,8-10,12-13,22H,4-7H2,(H,20,23)(H,21,24). The molecule has 1 heterocycles. The maximum Gasteiger partial charge on any atom is 0.265 e. The van der Waals surface area contributed by atoms with Crippen molar-refractivity contribution in [3.05, 3.63) is 51.2 Å². The predicted octanol–water partition coefficient (Wildman–Crippen LogP) is 3.69. The van der Waals surface area contributed by atoms with Crippen molar-refractivity contribution in [2.75, 3.05) is 5.32 Å². The van der Waals surface area contributed by atoms with Gasteiger partial charge in [0.2, 0.25) is 0 Å². The van der Waals surface area contributed by atoms with Crippen LogP contribution in [0.1, 0.15) is 45.7 Å². The number of carbonyl (C=O) groups is 2. The second kappa shape index (κ2) is 7.99. The molecule has 1 aromatic carbocycles. The van der Waals surface area contributed by atoms with E-state index in [1.165, 1.54) is 11.3 Å². The maximum absolute atomic E-state index is 12.4. The molecule has 1 aromatic heterocycles. The summed E-state index contributed by atoms with van der Waals surface area (Å²) in [7, 11) is 0. The topological polar surface area (TPSA) is 78.4 Å². The van der Waals surface area contributed by atoms with Crippen LogP contribution < -0.4 is 10.6 Å². The molecule has 3 N–H and O–H groups in total. The minimum Gasteiger partial charge on any atom is -0.393 e. The Morgan fingerprint density at radius 2 is 1.88 bits per heavy atom. The molecule has 2 aromatic rings. The molecule has 0 saturated heterocycles. The van der Waals surface area contributed by atoms with Gasteiger partial charge < -0.3 is 15.7 Å². The van der Waals surface area contributed by atoms with E-state index in [2.05, 4.69) is 10.6 Å². The Labute approximate surface area is 155 Å². The molecule has 0 radical (unpaired) electrons. The van der Waals surface area contributed by atoms with Crippen molar-refractivity contribution in [1.29, 1.82) is 0 Å². The van der Waals surface area contributed by atoms with Crippen molar-refractivity contribution in [2.24, 2.45) is 0 Å². The smallest absolute Gasteiger partial charge is 0.265 e. The van der Waals surface area contributed by atoms with Gasteiger partial charge in [0.1, 0.15) is 0 Å². The van der Waals surface area contributed by atoms with Crippen LogP contribution in [0.3, 0.4) is 0 Å². The fourth-order valence-electron chi connectivity index (χ4n) is 2.84. The number of nitrogens with one attached hydrogen (secondary N) is 2. The van der Waals surface area contributed by atoms with Gasteiger partial charge in [-0.05, 0) is 55.3 Å². The minimum atomic E-state index is -0.261. The lowest BCUT2D eigenvalue weighted by molar-refractivity contribution is 0.0867. The molecule has 0 spiro atoms. The molecule has 0 bridgehead atoms. The fraction of sp³-hybridized carbons (Fsp3) is 0.333. The third-order valence-electron chi connectivity index (χ3n) is 4.25. The predicted molar refractivity (Wildman–Crippen MR) is 99.5 cm³/mol. The maximum atomic E-state index is 12.4. The van der Waals surface area contributed by atoms with Crippen LogP contribution in [-0.4, -0.2) is 29.1 Å². The molecule has 1 saturated carbocycles. The average molecular weight is 379 g/mol. The quantitative estimate of drug-likeness (QED) is 0.759. The highest BCUT2D eigenvalue weighted by atomic mass is 35.5. The minimum absolute atomic E-state index is 0.0655. The van der Waals surface area contributed by atoms with Gasteiger partial charge >= 0.3 is 0 Å². The number of rotatable bonds is 4. The summed E-state index contributed by atoms with van der Waals surface area (Å²) in [6.07, 6.45) is 2.68. The van der Waals surface area contributed by atoms with Crippen LogP contribution in [0.15, 0.2) is 35.7 Å². The molecular formula is C18H19ClN2O3S. The molecule has 2 amide bonds. The molecule has 1 fully saturated rings. The summed E-state index contributed by atoms with van der Waals surface area (Å²) < 4.78 is 0. The lowest BCUT2D eigenvalue weighted by Crippen LogP contribution is -2.38. The Morgan fingerprint density at radius 3 is 2.56 bits per heavy atom. The summed E-state index contributed by atoms with van der Waals surface area (Å²) in [6.45, 7) is 0. The number of aliphatic hydroxyl groups is 1. The van der Waals surface area contributed by atoms with Crippen molar-refractivity contribution in [3.63, 3.8) is 0 Å². The van der Waals surface area contributed by atoms with E-state index < -0.39 is 0 Å². The molecule has 5 nitrogen and oxygen atoms in total. The lowest BCUT2D eigenvalue weighted by Gasteiger charge is -2.26. The SMILES string of the molecule is O=C(NC1CCC(O)CC1)c1ccc(Cl)c(NC(=O)c2cccs2)c1. The van der Waals surface area contributed by atoms with Crippen LogP contribution in [0.25, 0.3) is 0 Å². The molecule has 132 valence electrons. The van der Waals surface area contributed by atoms with E-state index >= 15 is 0 Å². The van der Waals surface area contributed by atoms with Crippen molar-refractivity contribution in [1.82, 2.24) is 5.32 Å². The summed E-state index contributed by atoms with van der Waals surface area (Å²) >= 11 is 7.48. The molecule has 1 aliphatic rings. The van der Waals surface area contributed by atoms with Gasteiger partial charge in [-0.25, -0.2) is 0 Å². The number of hydrogen-bond donors (Lipinski definition) is 3. The van der Waals surface area contributed by atoms with Crippen molar-refractivity contribution >= 4 is 40.4 Å². The molecule has 0 unspecified atom stereocenters. The number of aliphatic hydroxyl groups excluding tert-OH is 1. The highest BCUT2D eigenvalue weighted by molar-refractivity contribution is 7.12. The van der Waals surface area contributed by atoms with E-state index in [4.69, 9.17) is 11.6 Å². The third-order valence-corrected chi connectivity index (χ3v) is 5.45. The van der Waals surface area contributed by atoms with Crippen LogP contribution >= 0.6 is 22.9 Å². The van der Waals surface area contributed by atoms with Crippen molar-refractivity contribution in [2.45, 2.75) is 37.8 Å². The van der Waals surface area contributed by atoms with Crippen LogP contribution in [0.2, 0.25) is 5.02 Å². The second-order valence-corrected chi connectivity index (χ2v) is 7.46. The Hall–Kier alpha value is -1.89. The lowest BCUT2D eigenvalue weighted by atomic mass is 9.93. The highest BCUT2D eigenvalue weighted by Gasteiger charge is 2.21. The van der Waals surface area contributed by atoms with E-state index in [9.17, 15) is 14.7 Å². The van der Waals surface area contributed by atoms with Crippen LogP contribution in [0.5, 0.6) is 0 Å². The van der Waals surface area contributed by atoms with Crippen LogP contribution in [0, 0.1) is 0 Å². The number of thiophene rings is 1. The van der Waals surface area contributed by atoms with Gasteiger partial charge in [-0.2, -0.15) is 0 Å². The third kappa shape index (κ3) is 4.60. The molecule has 0 atom stereocenters. The summed E-state index contributed by atoms with van der Waals surface area (Å²) in [4.78, 5) is 25.2. The van der Waals surface area contributed by atoms with E-state index in [-0.39, 0.29) is 24.0 Å². The van der Waals surface area contributed by atoms with Gasteiger partial charge in [0.05, 0.1) is 21.7 Å². The summed E-state index contributed by atoms with van der Waals surface area (Å²) in [5.74, 6) is -0.458. The summed E-state index contributed by atoms with van der Waals surface area (Å²) in [5, 5.41) is 17.5. The highest BCUT2D eigenvalue weighted by Crippen LogP contribution is 2.25. The zero-order valence-electron chi connectivity index (χ0n) is 13.5. The Balaban J connectivity index is 1.68. The van der Waals surface area contributed by atoms with Gasteiger partial charge in [0.15, 0.2) is 0 Å². The first-order valence-electron chi connectivity index (χ1n) is 8.16. The van der Waals surface area contributed by atoms with Gasteiger partial charge in [-0.15, -0.1) is 11.3 Å². The van der Waals surface area contributed by atoms with E-state index in [0.717, 1.165) is 12.8 Å². The largest absolute Gasteiger partial charge is 0.393 e. The number of benzene rings is 1. The second-order valence-electron chi connectivity index (χ2n) is 6.10. The molecule has 0 aliphatic heterocycles. The number of carbonyl (C=O) groups excluding carboxylic acids is 2. The fourth-order valence-corrected chi connectivity index (χ4v) is 3.63. The molecular weight excluding hydrogens is 360 g/mol. The normalized spacial score (nSPS) is 20.1. The van der Waals surface area contributed by atoms with Crippen molar-refractivity contribution < 1.29 is 14.7 Å². The molecule has 7 heteroatoms. The van der Waals surface area contributed by atoms with Gasteiger partial charge in [-0.1, -0.05) is 17.7 Å². The molecule has 3 rings (SSSR count).